The van der Waals surface area contributed by atoms with Crippen molar-refractivity contribution in [3.63, 3.8) is 0 Å². The fourth-order valence-corrected chi connectivity index (χ4v) is 3.40. The lowest BCUT2D eigenvalue weighted by atomic mass is 10.1. The van der Waals surface area contributed by atoms with E-state index >= 15 is 0 Å². The fraction of sp³-hybridized carbons (Fsp3) is 0.333. The Kier molecular flexibility index (Phi) is 5.54. The number of rotatable bonds is 4. The van der Waals surface area contributed by atoms with Gasteiger partial charge in [0.05, 0.1) is 9.26 Å². The molecule has 0 saturated carbocycles. The minimum Gasteiger partial charge on any atom is -0.369 e. The SMILES string of the molecule is CCNc1nc(-c2cc(F)ccc2Br)nc(C(C)C)c1I. The molecule has 0 aliphatic carbocycles. The second kappa shape index (κ2) is 7.00. The Hall–Kier alpha value is -0.760. The molecular formula is C15H16BrFIN3. The van der Waals surface area contributed by atoms with E-state index in [-0.39, 0.29) is 11.7 Å². The third-order valence-electron chi connectivity index (χ3n) is 2.94. The van der Waals surface area contributed by atoms with E-state index in [2.05, 4.69) is 67.7 Å². The first kappa shape index (κ1) is 16.6. The zero-order chi connectivity index (χ0) is 15.6. The van der Waals surface area contributed by atoms with Gasteiger partial charge >= 0.3 is 0 Å². The van der Waals surface area contributed by atoms with Crippen LogP contribution < -0.4 is 5.32 Å². The lowest BCUT2D eigenvalue weighted by Crippen LogP contribution is -2.09. The second-order valence-corrected chi connectivity index (χ2v) is 6.84. The normalized spacial score (nSPS) is 11.0. The fourth-order valence-electron chi connectivity index (χ4n) is 1.92. The third kappa shape index (κ3) is 3.71. The highest BCUT2D eigenvalue weighted by atomic mass is 127. The van der Waals surface area contributed by atoms with Crippen LogP contribution >= 0.6 is 38.5 Å². The number of hydrogen-bond donors (Lipinski definition) is 1. The zero-order valence-corrected chi connectivity index (χ0v) is 15.8. The van der Waals surface area contributed by atoms with Gasteiger partial charge in [-0.3, -0.25) is 0 Å². The van der Waals surface area contributed by atoms with Crippen molar-refractivity contribution in [3.8, 4) is 11.4 Å². The van der Waals surface area contributed by atoms with E-state index in [0.717, 1.165) is 26.1 Å². The van der Waals surface area contributed by atoms with Crippen LogP contribution in [0.15, 0.2) is 22.7 Å². The third-order valence-corrected chi connectivity index (χ3v) is 4.69. The largest absolute Gasteiger partial charge is 0.369 e. The van der Waals surface area contributed by atoms with Gasteiger partial charge in [0.1, 0.15) is 11.6 Å². The van der Waals surface area contributed by atoms with Crippen molar-refractivity contribution >= 4 is 44.3 Å². The van der Waals surface area contributed by atoms with Gasteiger partial charge in [0.25, 0.3) is 0 Å². The summed E-state index contributed by atoms with van der Waals surface area (Å²) in [4.78, 5) is 9.18. The first-order valence-corrected chi connectivity index (χ1v) is 8.58. The number of nitrogens with one attached hydrogen (secondary N) is 1. The van der Waals surface area contributed by atoms with Crippen molar-refractivity contribution in [1.29, 1.82) is 0 Å². The van der Waals surface area contributed by atoms with Gasteiger partial charge in [-0.25, -0.2) is 14.4 Å². The molecule has 3 nitrogen and oxygen atoms in total. The maximum absolute atomic E-state index is 13.5. The number of halogens is 3. The average molecular weight is 464 g/mol. The van der Waals surface area contributed by atoms with Crippen LogP contribution in [-0.2, 0) is 0 Å². The van der Waals surface area contributed by atoms with E-state index in [4.69, 9.17) is 0 Å². The van der Waals surface area contributed by atoms with Crippen molar-refractivity contribution in [2.75, 3.05) is 11.9 Å². The molecule has 0 unspecified atom stereocenters. The van der Waals surface area contributed by atoms with Crippen LogP contribution in [-0.4, -0.2) is 16.5 Å². The molecule has 1 aromatic carbocycles. The summed E-state index contributed by atoms with van der Waals surface area (Å²) in [6.07, 6.45) is 0. The molecule has 2 aromatic rings. The summed E-state index contributed by atoms with van der Waals surface area (Å²) >= 11 is 5.70. The summed E-state index contributed by atoms with van der Waals surface area (Å²) < 4.78 is 15.3. The minimum absolute atomic E-state index is 0.267. The highest BCUT2D eigenvalue weighted by molar-refractivity contribution is 14.1. The summed E-state index contributed by atoms with van der Waals surface area (Å²) in [6.45, 7) is 6.97. The summed E-state index contributed by atoms with van der Waals surface area (Å²) in [7, 11) is 0. The van der Waals surface area contributed by atoms with E-state index in [1.54, 1.807) is 6.07 Å². The summed E-state index contributed by atoms with van der Waals surface area (Å²) in [5.41, 5.74) is 1.63. The van der Waals surface area contributed by atoms with Gasteiger partial charge in [-0.05, 0) is 53.6 Å². The average Bonchev–Trinajstić information content (AvgIpc) is 2.43. The van der Waals surface area contributed by atoms with Crippen LogP contribution in [0.2, 0.25) is 0 Å². The maximum atomic E-state index is 13.5. The van der Waals surface area contributed by atoms with Gasteiger partial charge in [0, 0.05) is 16.6 Å². The quantitative estimate of drug-likeness (QED) is 0.633. The van der Waals surface area contributed by atoms with Crippen LogP contribution in [0.3, 0.4) is 0 Å². The molecule has 0 spiro atoms. The van der Waals surface area contributed by atoms with E-state index in [1.165, 1.54) is 12.1 Å². The van der Waals surface area contributed by atoms with Crippen LogP contribution in [0.5, 0.6) is 0 Å². The zero-order valence-electron chi connectivity index (χ0n) is 12.0. The molecule has 2 rings (SSSR count). The standard InChI is InChI=1S/C15H16BrFIN3/c1-4-19-15-12(18)13(8(2)3)20-14(21-15)10-7-9(17)5-6-11(10)16/h5-8H,4H2,1-3H3,(H,19,20,21). The number of aromatic nitrogens is 2. The van der Waals surface area contributed by atoms with Gasteiger partial charge in [-0.15, -0.1) is 0 Å². The minimum atomic E-state index is -0.300. The molecule has 0 radical (unpaired) electrons. The van der Waals surface area contributed by atoms with Crippen LogP contribution in [0.25, 0.3) is 11.4 Å². The molecule has 112 valence electrons. The van der Waals surface area contributed by atoms with Gasteiger partial charge in [0.15, 0.2) is 5.82 Å². The van der Waals surface area contributed by atoms with Gasteiger partial charge < -0.3 is 5.32 Å². The predicted octanol–water partition coefficient (Wildman–Crippen LogP) is 5.21. The maximum Gasteiger partial charge on any atom is 0.163 e. The molecule has 0 amide bonds. The van der Waals surface area contributed by atoms with Crippen LogP contribution in [0.4, 0.5) is 10.2 Å². The first-order chi connectivity index (χ1) is 9.93. The summed E-state index contributed by atoms with van der Waals surface area (Å²) in [6, 6.07) is 4.54. The van der Waals surface area contributed by atoms with Crippen molar-refractivity contribution in [2.45, 2.75) is 26.7 Å². The molecular weight excluding hydrogens is 448 g/mol. The van der Waals surface area contributed by atoms with Crippen molar-refractivity contribution in [1.82, 2.24) is 9.97 Å². The Morgan fingerprint density at radius 3 is 2.67 bits per heavy atom. The van der Waals surface area contributed by atoms with Gasteiger partial charge in [-0.2, -0.15) is 0 Å². The Morgan fingerprint density at radius 1 is 1.33 bits per heavy atom. The Morgan fingerprint density at radius 2 is 2.05 bits per heavy atom. The topological polar surface area (TPSA) is 37.8 Å². The molecule has 0 bridgehead atoms. The van der Waals surface area contributed by atoms with Gasteiger partial charge in [0.2, 0.25) is 0 Å². The van der Waals surface area contributed by atoms with Crippen molar-refractivity contribution in [3.05, 3.63) is 37.8 Å². The summed E-state index contributed by atoms with van der Waals surface area (Å²) in [5.74, 6) is 1.29. The van der Waals surface area contributed by atoms with Gasteiger partial charge in [-0.1, -0.05) is 29.8 Å². The molecule has 1 aromatic heterocycles. The molecule has 21 heavy (non-hydrogen) atoms. The Balaban J connectivity index is 2.65. The van der Waals surface area contributed by atoms with E-state index in [0.29, 0.717) is 11.4 Å². The highest BCUT2D eigenvalue weighted by Crippen LogP contribution is 2.31. The van der Waals surface area contributed by atoms with Crippen molar-refractivity contribution < 1.29 is 4.39 Å². The monoisotopic (exact) mass is 463 g/mol. The lowest BCUT2D eigenvalue weighted by molar-refractivity contribution is 0.628. The Labute approximate surface area is 146 Å². The molecule has 1 heterocycles. The van der Waals surface area contributed by atoms with E-state index in [1.807, 2.05) is 6.92 Å². The van der Waals surface area contributed by atoms with E-state index in [9.17, 15) is 4.39 Å². The van der Waals surface area contributed by atoms with E-state index < -0.39 is 0 Å². The Bertz CT molecular complexity index is 662. The van der Waals surface area contributed by atoms with Crippen LogP contribution in [0.1, 0.15) is 32.4 Å². The molecule has 0 aliphatic rings. The van der Waals surface area contributed by atoms with Crippen molar-refractivity contribution in [2.24, 2.45) is 0 Å². The molecule has 6 heteroatoms. The van der Waals surface area contributed by atoms with Crippen LogP contribution in [0, 0.1) is 9.39 Å². The summed E-state index contributed by atoms with van der Waals surface area (Å²) in [5, 5.41) is 3.25. The smallest absolute Gasteiger partial charge is 0.163 e. The highest BCUT2D eigenvalue weighted by Gasteiger charge is 2.17. The number of nitrogens with zero attached hydrogens (tertiary/aromatic N) is 2. The first-order valence-electron chi connectivity index (χ1n) is 6.70. The molecule has 0 fully saturated rings. The lowest BCUT2D eigenvalue weighted by Gasteiger charge is -2.15. The molecule has 0 atom stereocenters. The second-order valence-electron chi connectivity index (χ2n) is 4.90. The number of hydrogen-bond acceptors (Lipinski definition) is 3. The number of benzene rings is 1. The molecule has 1 N–H and O–H groups in total. The molecule has 0 aliphatic heterocycles. The number of anilines is 1. The molecule has 0 saturated heterocycles. The predicted molar refractivity (Wildman–Crippen MR) is 96.1 cm³/mol.